The minimum absolute atomic E-state index is 0.529. The highest BCUT2D eigenvalue weighted by atomic mass is 32.2. The van der Waals surface area contributed by atoms with E-state index in [1.807, 2.05) is 23.5 Å². The lowest BCUT2D eigenvalue weighted by atomic mass is 9.99. The van der Waals surface area contributed by atoms with Gasteiger partial charge in [-0.05, 0) is 19.1 Å². The number of rotatable bonds is 6. The van der Waals surface area contributed by atoms with Gasteiger partial charge < -0.3 is 5.32 Å². The molecule has 0 amide bonds. The summed E-state index contributed by atoms with van der Waals surface area (Å²) in [5, 5.41) is 5.38. The normalized spacial score (nSPS) is 22.3. The molecule has 0 saturated carbocycles. The monoisotopic (exact) mass is 260 g/mol. The summed E-state index contributed by atoms with van der Waals surface area (Å²) in [4.78, 5) is 4.62. The number of nitrogens with one attached hydrogen (secondary N) is 1. The van der Waals surface area contributed by atoms with Crippen LogP contribution < -0.4 is 5.32 Å². The number of hydrogen-bond acceptors (Lipinski definition) is 4. The molecule has 2 unspecified atom stereocenters. The van der Waals surface area contributed by atoms with E-state index in [2.05, 4.69) is 37.3 Å². The molecule has 2 atom stereocenters. The Morgan fingerprint density at radius 2 is 2.19 bits per heavy atom. The van der Waals surface area contributed by atoms with Crippen molar-refractivity contribution < 1.29 is 0 Å². The Morgan fingerprint density at radius 1 is 1.50 bits per heavy atom. The van der Waals surface area contributed by atoms with Gasteiger partial charge in [0.25, 0.3) is 0 Å². The van der Waals surface area contributed by atoms with Crippen LogP contribution in [0.3, 0.4) is 0 Å². The van der Waals surface area contributed by atoms with E-state index in [0.717, 1.165) is 18.2 Å². The van der Waals surface area contributed by atoms with Crippen LogP contribution in [0, 0.1) is 5.92 Å². The van der Waals surface area contributed by atoms with Crippen molar-refractivity contribution in [1.29, 1.82) is 0 Å². The molecule has 4 heteroatoms. The summed E-state index contributed by atoms with van der Waals surface area (Å²) in [5.41, 5.74) is 0. The van der Waals surface area contributed by atoms with Gasteiger partial charge in [0, 0.05) is 17.0 Å². The molecule has 0 aliphatic carbocycles. The van der Waals surface area contributed by atoms with Gasteiger partial charge in [-0.15, -0.1) is 0 Å². The fraction of sp³-hybridized carbons (Fsp3) is 0.917. The van der Waals surface area contributed by atoms with Crippen molar-refractivity contribution in [2.45, 2.75) is 44.9 Å². The third kappa shape index (κ3) is 4.21. The van der Waals surface area contributed by atoms with Gasteiger partial charge in [-0.1, -0.05) is 38.5 Å². The van der Waals surface area contributed by atoms with Gasteiger partial charge in [0.2, 0.25) is 0 Å². The van der Waals surface area contributed by atoms with Crippen LogP contribution in [0.5, 0.6) is 0 Å². The van der Waals surface area contributed by atoms with Crippen molar-refractivity contribution in [2.24, 2.45) is 10.9 Å². The van der Waals surface area contributed by atoms with Crippen LogP contribution in [0.4, 0.5) is 0 Å². The predicted molar refractivity (Wildman–Crippen MR) is 78.7 cm³/mol. The van der Waals surface area contributed by atoms with E-state index in [0.29, 0.717) is 11.3 Å². The highest BCUT2D eigenvalue weighted by Gasteiger charge is 2.26. The molecule has 1 aliphatic rings. The SMILES string of the molecule is CCC(CC)C1CN=C(NC(C)CSC)S1. The summed E-state index contributed by atoms with van der Waals surface area (Å²) in [7, 11) is 0. The van der Waals surface area contributed by atoms with Crippen LogP contribution in [0.25, 0.3) is 0 Å². The molecule has 1 heterocycles. The zero-order valence-corrected chi connectivity index (χ0v) is 12.5. The second kappa shape index (κ2) is 7.49. The summed E-state index contributed by atoms with van der Waals surface area (Å²) in [6.45, 7) is 7.81. The Balaban J connectivity index is 2.33. The maximum absolute atomic E-state index is 4.62. The average molecular weight is 260 g/mol. The van der Waals surface area contributed by atoms with E-state index in [9.17, 15) is 0 Å². The van der Waals surface area contributed by atoms with Crippen LogP contribution in [-0.4, -0.2) is 35.0 Å². The molecule has 2 nitrogen and oxygen atoms in total. The lowest BCUT2D eigenvalue weighted by Crippen LogP contribution is -2.32. The van der Waals surface area contributed by atoms with Crippen molar-refractivity contribution in [3.63, 3.8) is 0 Å². The fourth-order valence-corrected chi connectivity index (χ4v) is 4.05. The van der Waals surface area contributed by atoms with Gasteiger partial charge in [0.05, 0.1) is 6.54 Å². The fourth-order valence-electron chi connectivity index (χ4n) is 2.03. The zero-order valence-electron chi connectivity index (χ0n) is 10.8. The Labute approximate surface area is 108 Å². The second-order valence-corrected chi connectivity index (χ2v) is 6.52. The summed E-state index contributed by atoms with van der Waals surface area (Å²) in [6, 6.07) is 0.529. The van der Waals surface area contributed by atoms with Crippen LogP contribution in [0.1, 0.15) is 33.6 Å². The molecule has 0 saturated heterocycles. The van der Waals surface area contributed by atoms with Gasteiger partial charge in [0.1, 0.15) is 0 Å². The van der Waals surface area contributed by atoms with Crippen LogP contribution in [0.15, 0.2) is 4.99 Å². The Morgan fingerprint density at radius 3 is 2.75 bits per heavy atom. The van der Waals surface area contributed by atoms with Crippen molar-refractivity contribution in [1.82, 2.24) is 5.32 Å². The maximum atomic E-state index is 4.62. The van der Waals surface area contributed by atoms with E-state index in [-0.39, 0.29) is 0 Å². The van der Waals surface area contributed by atoms with E-state index in [4.69, 9.17) is 0 Å². The molecular formula is C12H24N2S2. The number of aliphatic imine (C=N–C) groups is 1. The van der Waals surface area contributed by atoms with Gasteiger partial charge in [-0.25, -0.2) is 0 Å². The van der Waals surface area contributed by atoms with Crippen molar-refractivity contribution in [2.75, 3.05) is 18.6 Å². The van der Waals surface area contributed by atoms with E-state index >= 15 is 0 Å². The molecular weight excluding hydrogens is 236 g/mol. The molecule has 0 aromatic rings. The lowest BCUT2D eigenvalue weighted by Gasteiger charge is -2.19. The first-order valence-electron chi connectivity index (χ1n) is 6.17. The van der Waals surface area contributed by atoms with E-state index in [1.54, 1.807) is 0 Å². The van der Waals surface area contributed by atoms with E-state index < -0.39 is 0 Å². The quantitative estimate of drug-likeness (QED) is 0.793. The number of amidine groups is 1. The number of hydrogen-bond donors (Lipinski definition) is 1. The third-order valence-electron chi connectivity index (χ3n) is 3.04. The molecule has 0 aromatic heterocycles. The molecule has 0 radical (unpaired) electrons. The Bertz CT molecular complexity index is 227. The minimum atomic E-state index is 0.529. The molecule has 1 rings (SSSR count). The topological polar surface area (TPSA) is 24.4 Å². The van der Waals surface area contributed by atoms with Crippen molar-refractivity contribution in [3.05, 3.63) is 0 Å². The van der Waals surface area contributed by atoms with Gasteiger partial charge in [-0.2, -0.15) is 11.8 Å². The molecule has 1 aliphatic heterocycles. The molecule has 16 heavy (non-hydrogen) atoms. The summed E-state index contributed by atoms with van der Waals surface area (Å²) >= 11 is 3.83. The van der Waals surface area contributed by atoms with E-state index in [1.165, 1.54) is 18.0 Å². The Hall–Kier alpha value is 0.170. The largest absolute Gasteiger partial charge is 0.362 e. The molecule has 0 fully saturated rings. The first kappa shape index (κ1) is 14.2. The zero-order chi connectivity index (χ0) is 12.0. The van der Waals surface area contributed by atoms with Crippen molar-refractivity contribution >= 4 is 28.7 Å². The van der Waals surface area contributed by atoms with Gasteiger partial charge in [0.15, 0.2) is 5.17 Å². The molecule has 1 N–H and O–H groups in total. The molecule has 94 valence electrons. The highest BCUT2D eigenvalue weighted by Crippen LogP contribution is 2.30. The summed E-state index contributed by atoms with van der Waals surface area (Å²) in [6.07, 6.45) is 4.70. The Kier molecular flexibility index (Phi) is 6.66. The third-order valence-corrected chi connectivity index (χ3v) is 5.18. The highest BCUT2D eigenvalue weighted by molar-refractivity contribution is 8.14. The first-order valence-corrected chi connectivity index (χ1v) is 8.45. The van der Waals surface area contributed by atoms with Crippen molar-refractivity contribution in [3.8, 4) is 0 Å². The molecule has 0 spiro atoms. The average Bonchev–Trinajstić information content (AvgIpc) is 2.68. The standard InChI is InChI=1S/C12H24N2S2/c1-5-10(6-2)11-7-13-12(16-11)14-9(3)8-15-4/h9-11H,5-8H2,1-4H3,(H,13,14). The smallest absolute Gasteiger partial charge is 0.157 e. The first-order chi connectivity index (χ1) is 7.71. The minimum Gasteiger partial charge on any atom is -0.362 e. The predicted octanol–water partition coefficient (Wildman–Crippen LogP) is 3.24. The lowest BCUT2D eigenvalue weighted by molar-refractivity contribution is 0.479. The van der Waals surface area contributed by atoms with Gasteiger partial charge in [-0.3, -0.25) is 4.99 Å². The number of nitrogens with zero attached hydrogens (tertiary/aromatic N) is 1. The van der Waals surface area contributed by atoms with Crippen LogP contribution in [0.2, 0.25) is 0 Å². The molecule has 0 aromatic carbocycles. The summed E-state index contributed by atoms with van der Waals surface area (Å²) < 4.78 is 0. The van der Waals surface area contributed by atoms with Crippen LogP contribution in [-0.2, 0) is 0 Å². The molecule has 0 bridgehead atoms. The second-order valence-electron chi connectivity index (χ2n) is 4.38. The number of thioether (sulfide) groups is 2. The van der Waals surface area contributed by atoms with Gasteiger partial charge >= 0.3 is 0 Å². The summed E-state index contributed by atoms with van der Waals surface area (Å²) in [5.74, 6) is 1.97. The van der Waals surface area contributed by atoms with Crippen LogP contribution >= 0.6 is 23.5 Å². The maximum Gasteiger partial charge on any atom is 0.157 e.